The molecular weight excluding hydrogens is 350 g/mol. The highest BCUT2D eigenvalue weighted by molar-refractivity contribution is 5.89. The molecule has 138 valence electrons. The Morgan fingerprint density at radius 3 is 2.26 bits per heavy atom. The fourth-order valence-corrected chi connectivity index (χ4v) is 2.57. The van der Waals surface area contributed by atoms with Gasteiger partial charge in [-0.05, 0) is 42.5 Å². The highest BCUT2D eigenvalue weighted by Crippen LogP contribution is 2.27. The summed E-state index contributed by atoms with van der Waals surface area (Å²) in [5.74, 6) is -0.240. The number of ether oxygens (including phenoxy) is 1. The van der Waals surface area contributed by atoms with Crippen molar-refractivity contribution in [1.29, 1.82) is 0 Å². The van der Waals surface area contributed by atoms with E-state index in [0.29, 0.717) is 29.5 Å². The van der Waals surface area contributed by atoms with Crippen LogP contribution in [0, 0.1) is 0 Å². The summed E-state index contributed by atoms with van der Waals surface area (Å²) in [6.07, 6.45) is 0. The number of rotatable bonds is 7. The van der Waals surface area contributed by atoms with Crippen molar-refractivity contribution < 1.29 is 29.0 Å². The predicted octanol–water partition coefficient (Wildman–Crippen LogP) is 3.96. The molecule has 0 atom stereocenters. The Morgan fingerprint density at radius 2 is 1.63 bits per heavy atom. The van der Waals surface area contributed by atoms with Gasteiger partial charge in [-0.3, -0.25) is 0 Å². The number of carbonyl (C=O) groups is 2. The van der Waals surface area contributed by atoms with Crippen LogP contribution in [0.15, 0.2) is 59.0 Å². The average Bonchev–Trinajstić information content (AvgIpc) is 3.15. The molecule has 0 aliphatic carbocycles. The smallest absolute Gasteiger partial charge is 0.335 e. The summed E-state index contributed by atoms with van der Waals surface area (Å²) in [6.45, 7) is 0.326. The Labute approximate surface area is 154 Å². The van der Waals surface area contributed by atoms with Crippen molar-refractivity contribution >= 4 is 17.6 Å². The van der Waals surface area contributed by atoms with Gasteiger partial charge in [0.15, 0.2) is 0 Å². The van der Waals surface area contributed by atoms with E-state index < -0.39 is 11.9 Å². The molecule has 0 unspecified atom stereocenters. The van der Waals surface area contributed by atoms with Crippen LogP contribution in [0.4, 0.5) is 5.69 Å². The lowest BCUT2D eigenvalue weighted by atomic mass is 10.1. The number of nitrogens with one attached hydrogen (secondary N) is 1. The molecule has 0 amide bonds. The van der Waals surface area contributed by atoms with Crippen LogP contribution in [0.3, 0.4) is 0 Å². The number of carboxylic acids is 2. The van der Waals surface area contributed by atoms with Crippen molar-refractivity contribution in [3.8, 4) is 17.1 Å². The number of benzene rings is 2. The summed E-state index contributed by atoms with van der Waals surface area (Å²) in [5, 5.41) is 21.2. The van der Waals surface area contributed by atoms with Crippen LogP contribution in [0.25, 0.3) is 11.3 Å². The monoisotopic (exact) mass is 367 g/mol. The topological polar surface area (TPSA) is 109 Å². The molecule has 2 aromatic carbocycles. The van der Waals surface area contributed by atoms with Crippen molar-refractivity contribution in [2.45, 2.75) is 6.54 Å². The molecule has 3 rings (SSSR count). The van der Waals surface area contributed by atoms with Crippen molar-refractivity contribution in [3.63, 3.8) is 0 Å². The zero-order valence-corrected chi connectivity index (χ0v) is 14.4. The molecule has 0 bridgehead atoms. The maximum Gasteiger partial charge on any atom is 0.335 e. The van der Waals surface area contributed by atoms with E-state index in [1.54, 1.807) is 30.3 Å². The van der Waals surface area contributed by atoms with Gasteiger partial charge in [0.1, 0.15) is 17.3 Å². The molecule has 1 heterocycles. The molecule has 7 heteroatoms. The third-order valence-electron chi connectivity index (χ3n) is 3.98. The van der Waals surface area contributed by atoms with Gasteiger partial charge in [-0.2, -0.15) is 0 Å². The number of methoxy groups -OCH3 is 1. The Kier molecular flexibility index (Phi) is 5.12. The predicted molar refractivity (Wildman–Crippen MR) is 98.4 cm³/mol. The lowest BCUT2D eigenvalue weighted by molar-refractivity contribution is 0.0686. The normalized spacial score (nSPS) is 10.4. The number of hydrogen-bond donors (Lipinski definition) is 3. The molecule has 1 aromatic heterocycles. The third kappa shape index (κ3) is 4.09. The first-order valence-electron chi connectivity index (χ1n) is 8.05. The van der Waals surface area contributed by atoms with Gasteiger partial charge >= 0.3 is 11.9 Å². The summed E-state index contributed by atoms with van der Waals surface area (Å²) in [5.41, 5.74) is 1.66. The minimum absolute atomic E-state index is 0.150. The molecule has 0 spiro atoms. The van der Waals surface area contributed by atoms with Gasteiger partial charge < -0.3 is 24.7 Å². The molecule has 7 nitrogen and oxygen atoms in total. The van der Waals surface area contributed by atoms with Gasteiger partial charge in [0.25, 0.3) is 0 Å². The quantitative estimate of drug-likeness (QED) is 0.580. The molecule has 3 aromatic rings. The molecule has 3 N–H and O–H groups in total. The number of carboxylic acid groups (broad SMARTS) is 2. The van der Waals surface area contributed by atoms with Gasteiger partial charge in [-0.1, -0.05) is 12.1 Å². The van der Waals surface area contributed by atoms with Crippen LogP contribution >= 0.6 is 0 Å². The van der Waals surface area contributed by atoms with Gasteiger partial charge in [-0.25, -0.2) is 9.59 Å². The van der Waals surface area contributed by atoms with Crippen LogP contribution in [0.2, 0.25) is 0 Å². The number of anilines is 1. The first kappa shape index (κ1) is 18.1. The highest BCUT2D eigenvalue weighted by Gasteiger charge is 2.11. The third-order valence-corrected chi connectivity index (χ3v) is 3.98. The number of furan rings is 1. The molecular formula is C20H17NO6. The van der Waals surface area contributed by atoms with Crippen LogP contribution in [-0.2, 0) is 6.54 Å². The van der Waals surface area contributed by atoms with E-state index in [0.717, 1.165) is 5.56 Å². The van der Waals surface area contributed by atoms with E-state index >= 15 is 0 Å². The second kappa shape index (κ2) is 7.65. The van der Waals surface area contributed by atoms with Crippen LogP contribution < -0.4 is 10.1 Å². The zero-order chi connectivity index (χ0) is 19.4. The maximum atomic E-state index is 11.1. The van der Waals surface area contributed by atoms with Crippen LogP contribution in [-0.4, -0.2) is 29.3 Å². The number of hydrogen-bond acceptors (Lipinski definition) is 5. The Morgan fingerprint density at radius 1 is 0.963 bits per heavy atom. The van der Waals surface area contributed by atoms with Crippen LogP contribution in [0.1, 0.15) is 26.5 Å². The van der Waals surface area contributed by atoms with Crippen molar-refractivity contribution in [3.05, 3.63) is 71.5 Å². The molecule has 27 heavy (non-hydrogen) atoms. The minimum Gasteiger partial charge on any atom is -0.495 e. The summed E-state index contributed by atoms with van der Waals surface area (Å²) < 4.78 is 11.0. The largest absolute Gasteiger partial charge is 0.495 e. The van der Waals surface area contributed by atoms with E-state index in [1.165, 1.54) is 31.4 Å². The van der Waals surface area contributed by atoms with Crippen molar-refractivity contribution in [2.75, 3.05) is 12.4 Å². The van der Waals surface area contributed by atoms with Gasteiger partial charge in [0.2, 0.25) is 0 Å². The van der Waals surface area contributed by atoms with Crippen molar-refractivity contribution in [2.24, 2.45) is 0 Å². The Bertz CT molecular complexity index is 974. The molecule has 0 aliphatic heterocycles. The van der Waals surface area contributed by atoms with Gasteiger partial charge in [0, 0.05) is 5.56 Å². The summed E-state index contributed by atoms with van der Waals surface area (Å²) in [7, 11) is 1.51. The zero-order valence-electron chi connectivity index (χ0n) is 14.4. The van der Waals surface area contributed by atoms with Gasteiger partial charge in [0.05, 0.1) is 30.5 Å². The summed E-state index contributed by atoms with van der Waals surface area (Å²) >= 11 is 0. The lowest BCUT2D eigenvalue weighted by Gasteiger charge is -2.11. The van der Waals surface area contributed by atoms with Crippen molar-refractivity contribution in [1.82, 2.24) is 0 Å². The van der Waals surface area contributed by atoms with E-state index in [4.69, 9.17) is 19.4 Å². The second-order valence-electron chi connectivity index (χ2n) is 5.72. The first-order valence-corrected chi connectivity index (χ1v) is 8.05. The minimum atomic E-state index is -1.02. The maximum absolute atomic E-state index is 11.1. The van der Waals surface area contributed by atoms with Gasteiger partial charge in [-0.15, -0.1) is 0 Å². The number of aromatic carboxylic acids is 2. The Balaban J connectivity index is 1.74. The summed E-state index contributed by atoms with van der Waals surface area (Å²) in [4.78, 5) is 22.0. The average molecular weight is 367 g/mol. The summed E-state index contributed by atoms with van der Waals surface area (Å²) in [6, 6.07) is 14.5. The van der Waals surface area contributed by atoms with Crippen LogP contribution in [0.5, 0.6) is 5.75 Å². The molecule has 0 saturated carbocycles. The first-order chi connectivity index (χ1) is 13.0. The second-order valence-corrected chi connectivity index (χ2v) is 5.72. The lowest BCUT2D eigenvalue weighted by Crippen LogP contribution is -2.03. The molecule has 0 radical (unpaired) electrons. The van der Waals surface area contributed by atoms with E-state index in [2.05, 4.69) is 5.32 Å². The fourth-order valence-electron chi connectivity index (χ4n) is 2.57. The Hall–Kier alpha value is -3.74. The SMILES string of the molecule is COc1ccc(C(=O)O)cc1NCc1ccc(-c2ccc(C(=O)O)cc2)o1. The van der Waals surface area contributed by atoms with E-state index in [9.17, 15) is 9.59 Å². The highest BCUT2D eigenvalue weighted by atomic mass is 16.5. The standard InChI is InChI=1S/C20H17NO6/c1-26-18-8-6-14(20(24)25)10-16(18)21-11-15-7-9-17(27-15)12-2-4-13(5-3-12)19(22)23/h2-10,21H,11H2,1H3,(H,22,23)(H,24,25). The van der Waals surface area contributed by atoms with E-state index in [-0.39, 0.29) is 11.1 Å². The molecule has 0 fully saturated rings. The fraction of sp³-hybridized carbons (Fsp3) is 0.100. The van der Waals surface area contributed by atoms with E-state index in [1.807, 2.05) is 0 Å². The molecule has 0 aliphatic rings. The molecule has 0 saturated heterocycles.